The molecule has 1 amide bonds. The molecule has 0 spiro atoms. The van der Waals surface area contributed by atoms with E-state index in [1.807, 2.05) is 0 Å². The summed E-state index contributed by atoms with van der Waals surface area (Å²) in [7, 11) is -2.73. The number of amides is 1. The van der Waals surface area contributed by atoms with Crippen LogP contribution < -0.4 is 25.4 Å². The number of carbonyl (C=O) groups excluding carboxylic acids is 1. The summed E-state index contributed by atoms with van der Waals surface area (Å²) in [6.07, 6.45) is 0. The molecule has 0 aliphatic heterocycles. The molecule has 0 saturated heterocycles. The third-order valence-corrected chi connectivity index (χ3v) is 7.60. The number of hydrogen-bond donors (Lipinski definition) is 5. The molecule has 222 valence electrons. The molecule has 1 aromatic heterocycles. The largest absolute Gasteiger partial charge is 0.508 e. The van der Waals surface area contributed by atoms with Crippen molar-refractivity contribution >= 4 is 67.3 Å². The number of hydrogen-bond acceptors (Lipinski definition) is 9. The number of para-hydroxylation sites is 3. The van der Waals surface area contributed by atoms with Gasteiger partial charge in [0.15, 0.2) is 11.6 Å². The van der Waals surface area contributed by atoms with Crippen LogP contribution in [0.15, 0.2) is 95.9 Å². The van der Waals surface area contributed by atoms with Crippen molar-refractivity contribution in [3.8, 4) is 11.5 Å². The van der Waals surface area contributed by atoms with E-state index in [0.29, 0.717) is 33.2 Å². The molecule has 0 unspecified atom stereocenters. The summed E-state index contributed by atoms with van der Waals surface area (Å²) in [5.41, 5.74) is 2.25. The van der Waals surface area contributed by atoms with E-state index in [-0.39, 0.29) is 41.9 Å². The lowest BCUT2D eigenvalue weighted by Gasteiger charge is -2.15. The molecule has 0 aliphatic rings. The number of sulfonamides is 1. The summed E-state index contributed by atoms with van der Waals surface area (Å²) >= 11 is 6.12. The van der Waals surface area contributed by atoms with E-state index >= 15 is 0 Å². The number of phenols is 1. The fraction of sp³-hybridized carbons (Fsp3) is 0.100. The summed E-state index contributed by atoms with van der Waals surface area (Å²) in [5.74, 6) is -0.0526. The van der Waals surface area contributed by atoms with Crippen LogP contribution in [0.2, 0.25) is 5.02 Å². The fourth-order valence-corrected chi connectivity index (χ4v) is 5.24. The van der Waals surface area contributed by atoms with E-state index in [2.05, 4.69) is 30.6 Å². The van der Waals surface area contributed by atoms with Gasteiger partial charge < -0.3 is 25.8 Å². The first kappa shape index (κ1) is 30.9. The summed E-state index contributed by atoms with van der Waals surface area (Å²) in [6.45, 7) is -0.0828. The number of nitrogens with one attached hydrogen (secondary N) is 4. The number of fused-ring (bicyclic) bond motifs is 1. The number of methoxy groups -OCH3 is 1. The topological polar surface area (TPSA) is 155 Å². The molecule has 0 bridgehead atoms. The predicted molar refractivity (Wildman–Crippen MR) is 170 cm³/mol. The average molecular weight is 621 g/mol. The van der Waals surface area contributed by atoms with Gasteiger partial charge in [-0.05, 0) is 42.5 Å². The zero-order valence-electron chi connectivity index (χ0n) is 22.1. The lowest BCUT2D eigenvalue weighted by molar-refractivity contribution is -0.114. The monoisotopic (exact) mass is 620 g/mol. The van der Waals surface area contributed by atoms with Crippen molar-refractivity contribution < 1.29 is 23.1 Å². The second-order valence-electron chi connectivity index (χ2n) is 8.97. The first-order valence-corrected chi connectivity index (χ1v) is 14.4. The van der Waals surface area contributed by atoms with Gasteiger partial charge in [0.25, 0.3) is 10.0 Å². The van der Waals surface area contributed by atoms with Crippen molar-refractivity contribution in [3.05, 3.63) is 96.0 Å². The highest BCUT2D eigenvalue weighted by molar-refractivity contribution is 7.92. The zero-order valence-corrected chi connectivity index (χ0v) is 23.7. The maximum absolute atomic E-state index is 13.5. The van der Waals surface area contributed by atoms with Crippen molar-refractivity contribution in [2.24, 2.45) is 0 Å². The molecule has 4 aromatic carbocycles. The van der Waals surface area contributed by atoms with Gasteiger partial charge in [-0.2, -0.15) is 0 Å². The van der Waals surface area contributed by atoms with Crippen molar-refractivity contribution in [3.63, 3.8) is 0 Å². The van der Waals surface area contributed by atoms with Gasteiger partial charge in [-0.15, -0.1) is 0 Å². The van der Waals surface area contributed by atoms with Gasteiger partial charge in [-0.3, -0.25) is 9.52 Å². The third kappa shape index (κ3) is 7.61. The Morgan fingerprint density at radius 3 is 2.30 bits per heavy atom. The molecule has 43 heavy (non-hydrogen) atoms. The minimum absolute atomic E-state index is 0. The van der Waals surface area contributed by atoms with E-state index in [4.69, 9.17) is 16.3 Å². The molecule has 1 heterocycles. The Morgan fingerprint density at radius 1 is 0.884 bits per heavy atom. The van der Waals surface area contributed by atoms with Crippen LogP contribution in [0, 0.1) is 0 Å². The minimum Gasteiger partial charge on any atom is -0.508 e. The Hall–Kier alpha value is -5.07. The van der Waals surface area contributed by atoms with E-state index in [9.17, 15) is 18.3 Å². The Labute approximate surface area is 254 Å². The number of ether oxygens (including phenoxy) is 1. The van der Waals surface area contributed by atoms with Crippen LogP contribution in [0.3, 0.4) is 0 Å². The van der Waals surface area contributed by atoms with Crippen molar-refractivity contribution in [2.45, 2.75) is 12.3 Å². The van der Waals surface area contributed by atoms with Crippen LogP contribution in [0.25, 0.3) is 11.0 Å². The van der Waals surface area contributed by atoms with Gasteiger partial charge >= 0.3 is 0 Å². The SMILES string of the molecule is C.COc1cc(O)cc(Nc2nc3ccccc3nc2NS(=O)(=O)c2cccc(NC(=O)CNc3ccccc3Cl)c2)c1. The zero-order chi connectivity index (χ0) is 29.7. The van der Waals surface area contributed by atoms with E-state index in [0.717, 1.165) is 0 Å². The van der Waals surface area contributed by atoms with Crippen LogP contribution in [0.5, 0.6) is 11.5 Å². The van der Waals surface area contributed by atoms with Gasteiger partial charge in [-0.25, -0.2) is 18.4 Å². The Kier molecular flexibility index (Phi) is 9.53. The van der Waals surface area contributed by atoms with Crippen LogP contribution in [0.1, 0.15) is 7.43 Å². The number of aromatic hydroxyl groups is 1. The van der Waals surface area contributed by atoms with Crippen molar-refractivity contribution in [1.29, 1.82) is 0 Å². The lowest BCUT2D eigenvalue weighted by atomic mass is 10.2. The first-order valence-electron chi connectivity index (χ1n) is 12.5. The number of halogens is 1. The Morgan fingerprint density at radius 2 is 1.58 bits per heavy atom. The van der Waals surface area contributed by atoms with E-state index < -0.39 is 15.9 Å². The molecule has 5 N–H and O–H groups in total. The fourth-order valence-electron chi connectivity index (χ4n) is 3.98. The molecule has 0 fully saturated rings. The Bertz CT molecular complexity index is 1890. The minimum atomic E-state index is -4.19. The van der Waals surface area contributed by atoms with Crippen molar-refractivity contribution in [2.75, 3.05) is 34.3 Å². The van der Waals surface area contributed by atoms with Crippen LogP contribution in [-0.2, 0) is 14.8 Å². The molecule has 13 heteroatoms. The highest BCUT2D eigenvalue weighted by Gasteiger charge is 2.20. The lowest BCUT2D eigenvalue weighted by Crippen LogP contribution is -2.22. The first-order chi connectivity index (χ1) is 20.2. The highest BCUT2D eigenvalue weighted by Crippen LogP contribution is 2.31. The molecule has 0 atom stereocenters. The molecule has 0 saturated carbocycles. The number of rotatable bonds is 10. The summed E-state index contributed by atoms with van der Waals surface area (Å²) in [4.78, 5) is 21.4. The maximum Gasteiger partial charge on any atom is 0.263 e. The van der Waals surface area contributed by atoms with Crippen molar-refractivity contribution in [1.82, 2.24) is 9.97 Å². The average Bonchev–Trinajstić information content (AvgIpc) is 2.96. The maximum atomic E-state index is 13.5. The molecule has 0 radical (unpaired) electrons. The van der Waals surface area contributed by atoms with Gasteiger partial charge in [0, 0.05) is 29.6 Å². The number of carbonyl (C=O) groups is 1. The second kappa shape index (κ2) is 13.3. The van der Waals surface area contributed by atoms with Gasteiger partial charge in [0.1, 0.15) is 11.5 Å². The smallest absolute Gasteiger partial charge is 0.263 e. The van der Waals surface area contributed by atoms with Crippen LogP contribution in [-0.4, -0.2) is 43.1 Å². The molecule has 5 rings (SSSR count). The van der Waals surface area contributed by atoms with E-state index in [1.54, 1.807) is 60.7 Å². The molecule has 5 aromatic rings. The number of aromatic nitrogens is 2. The molecular weight excluding hydrogens is 592 g/mol. The number of nitrogens with zero attached hydrogens (tertiary/aromatic N) is 2. The predicted octanol–water partition coefficient (Wildman–Crippen LogP) is 6.23. The van der Waals surface area contributed by atoms with Gasteiger partial charge in [-0.1, -0.05) is 49.4 Å². The molecule has 0 aliphatic carbocycles. The third-order valence-electron chi connectivity index (χ3n) is 5.93. The normalized spacial score (nSPS) is 10.8. The number of benzene rings is 4. The summed E-state index contributed by atoms with van der Waals surface area (Å²) < 4.78 is 34.7. The van der Waals surface area contributed by atoms with Gasteiger partial charge in [0.05, 0.1) is 40.3 Å². The second-order valence-corrected chi connectivity index (χ2v) is 11.1. The summed E-state index contributed by atoms with van der Waals surface area (Å²) in [6, 6.07) is 24.3. The number of phenolic OH excluding ortho intramolecular Hbond substituents is 1. The highest BCUT2D eigenvalue weighted by atomic mass is 35.5. The van der Waals surface area contributed by atoms with Crippen LogP contribution >= 0.6 is 11.6 Å². The molecular formula is C30H29ClN6O5S. The Balaban J connectivity index is 0.00000423. The number of anilines is 5. The van der Waals surface area contributed by atoms with Crippen LogP contribution in [0.4, 0.5) is 28.7 Å². The molecule has 11 nitrogen and oxygen atoms in total. The standard InChI is InChI=1S/C29H25ClN6O5S.CH4/c1-41-21-14-19(13-20(37)16-21)33-28-29(35-26-12-5-4-11-25(26)34-28)36-42(39,40)22-8-6-7-18(15-22)32-27(38)17-31-24-10-3-2-9-23(24)30;/h2-16,31,37H,17H2,1H3,(H,32,38)(H,33,34)(H,35,36);1H4. The van der Waals surface area contributed by atoms with E-state index in [1.165, 1.54) is 37.4 Å². The quantitative estimate of drug-likeness (QED) is 0.122. The van der Waals surface area contributed by atoms with Gasteiger partial charge in [0.2, 0.25) is 5.91 Å². The summed E-state index contributed by atoms with van der Waals surface area (Å²) in [5, 5.41) is 19.2.